The van der Waals surface area contributed by atoms with Crippen LogP contribution in [0.25, 0.3) is 0 Å². The lowest BCUT2D eigenvalue weighted by Gasteiger charge is -2.06. The fraction of sp³-hybridized carbons (Fsp3) is 0.750. The van der Waals surface area contributed by atoms with Crippen molar-refractivity contribution in [2.24, 2.45) is 0 Å². The predicted molar refractivity (Wildman–Crippen MR) is 46.0 cm³/mol. The average Bonchev–Trinajstić information content (AvgIpc) is 1.89. The van der Waals surface area contributed by atoms with E-state index in [9.17, 15) is 0 Å². The molecular weight excluding hydrogens is 124 g/mol. The van der Waals surface area contributed by atoms with Crippen molar-refractivity contribution in [1.82, 2.24) is 10.6 Å². The van der Waals surface area contributed by atoms with Crippen molar-refractivity contribution >= 4 is 0 Å². The maximum Gasteiger partial charge on any atom is 0.0345 e. The fourth-order valence-electron chi connectivity index (χ4n) is 0.718. The second kappa shape index (κ2) is 6.62. The Balaban J connectivity index is 3.05. The van der Waals surface area contributed by atoms with Gasteiger partial charge in [0.25, 0.3) is 0 Å². The first-order valence-electron chi connectivity index (χ1n) is 3.87. The summed E-state index contributed by atoms with van der Waals surface area (Å²) in [6.45, 7) is 7.94. The van der Waals surface area contributed by atoms with Crippen LogP contribution in [-0.4, -0.2) is 20.1 Å². The first-order chi connectivity index (χ1) is 4.81. The molecule has 0 saturated carbocycles. The Kier molecular flexibility index (Phi) is 6.29. The highest BCUT2D eigenvalue weighted by molar-refractivity contribution is 4.92. The van der Waals surface area contributed by atoms with E-state index in [0.717, 1.165) is 18.8 Å². The second-order valence-electron chi connectivity index (χ2n) is 2.41. The highest BCUT2D eigenvalue weighted by atomic mass is 14.9. The lowest BCUT2D eigenvalue weighted by Crippen LogP contribution is -2.22. The van der Waals surface area contributed by atoms with E-state index in [1.165, 1.54) is 12.8 Å². The van der Waals surface area contributed by atoms with Gasteiger partial charge in [-0.1, -0.05) is 19.9 Å². The topological polar surface area (TPSA) is 24.1 Å². The van der Waals surface area contributed by atoms with Crippen molar-refractivity contribution in [1.29, 1.82) is 0 Å². The summed E-state index contributed by atoms with van der Waals surface area (Å²) in [6, 6.07) is 0. The summed E-state index contributed by atoms with van der Waals surface area (Å²) < 4.78 is 0. The molecule has 0 aliphatic carbocycles. The molecule has 0 bridgehead atoms. The molecule has 0 fully saturated rings. The molecule has 0 rings (SSSR count). The Morgan fingerprint density at radius 2 is 2.20 bits per heavy atom. The van der Waals surface area contributed by atoms with E-state index < -0.39 is 0 Å². The summed E-state index contributed by atoms with van der Waals surface area (Å²) in [5.41, 5.74) is 1.08. The Hall–Kier alpha value is -0.500. The van der Waals surface area contributed by atoms with Gasteiger partial charge in [0.05, 0.1) is 0 Å². The molecule has 0 radical (unpaired) electrons. The molecule has 0 amide bonds. The third kappa shape index (κ3) is 5.63. The summed E-state index contributed by atoms with van der Waals surface area (Å²) in [4.78, 5) is 0. The Labute approximate surface area is 63.7 Å². The van der Waals surface area contributed by atoms with Crippen LogP contribution in [0, 0.1) is 0 Å². The third-order valence-electron chi connectivity index (χ3n) is 1.30. The van der Waals surface area contributed by atoms with E-state index in [0.29, 0.717) is 0 Å². The van der Waals surface area contributed by atoms with Gasteiger partial charge in [0.2, 0.25) is 0 Å². The zero-order valence-electron chi connectivity index (χ0n) is 7.04. The summed E-state index contributed by atoms with van der Waals surface area (Å²) in [7, 11) is 1.92. The lowest BCUT2D eigenvalue weighted by atomic mass is 10.3. The molecule has 0 aliphatic heterocycles. The number of likely N-dealkylation sites (N-methyl/N-ethyl adjacent to an activating group) is 1. The molecule has 0 unspecified atom stereocenters. The molecule has 0 spiro atoms. The summed E-state index contributed by atoms with van der Waals surface area (Å²) >= 11 is 0. The van der Waals surface area contributed by atoms with E-state index in [4.69, 9.17) is 0 Å². The van der Waals surface area contributed by atoms with Crippen molar-refractivity contribution in [2.45, 2.75) is 19.8 Å². The van der Waals surface area contributed by atoms with E-state index >= 15 is 0 Å². The first kappa shape index (κ1) is 9.50. The van der Waals surface area contributed by atoms with E-state index in [1.807, 2.05) is 7.05 Å². The Bertz CT molecular complexity index is 89.3. The van der Waals surface area contributed by atoms with Crippen molar-refractivity contribution in [3.05, 3.63) is 12.3 Å². The molecule has 2 heteroatoms. The van der Waals surface area contributed by atoms with Gasteiger partial charge in [0, 0.05) is 18.8 Å². The molecule has 0 aromatic carbocycles. The van der Waals surface area contributed by atoms with E-state index in [2.05, 4.69) is 24.1 Å². The number of rotatable bonds is 6. The van der Waals surface area contributed by atoms with Gasteiger partial charge in [0.15, 0.2) is 0 Å². The molecule has 0 aromatic heterocycles. The van der Waals surface area contributed by atoms with Gasteiger partial charge in [0.1, 0.15) is 0 Å². The minimum Gasteiger partial charge on any atom is -0.388 e. The maximum atomic E-state index is 3.84. The standard InChI is InChI=1S/C8H18N2/c1-4-5-6-10-8(2)7-9-3/h9-10H,2,4-7H2,1,3H3. The number of hydrogen-bond donors (Lipinski definition) is 2. The van der Waals surface area contributed by atoms with Gasteiger partial charge in [-0.2, -0.15) is 0 Å². The zero-order valence-corrected chi connectivity index (χ0v) is 7.04. The summed E-state index contributed by atoms with van der Waals surface area (Å²) in [5.74, 6) is 0. The number of nitrogens with one attached hydrogen (secondary N) is 2. The normalized spacial score (nSPS) is 9.40. The minimum atomic E-state index is 0.865. The van der Waals surface area contributed by atoms with Crippen LogP contribution in [0.15, 0.2) is 12.3 Å². The molecule has 0 heterocycles. The third-order valence-corrected chi connectivity index (χ3v) is 1.30. The monoisotopic (exact) mass is 142 g/mol. The zero-order chi connectivity index (χ0) is 7.82. The van der Waals surface area contributed by atoms with Crippen LogP contribution in [-0.2, 0) is 0 Å². The smallest absolute Gasteiger partial charge is 0.0345 e. The molecule has 2 N–H and O–H groups in total. The number of unbranched alkanes of at least 4 members (excludes halogenated alkanes) is 1. The fourth-order valence-corrected chi connectivity index (χ4v) is 0.718. The lowest BCUT2D eigenvalue weighted by molar-refractivity contribution is 0.685. The molecule has 0 aromatic rings. The maximum absolute atomic E-state index is 3.84. The molecule has 60 valence electrons. The van der Waals surface area contributed by atoms with E-state index in [-0.39, 0.29) is 0 Å². The van der Waals surface area contributed by atoms with Crippen molar-refractivity contribution < 1.29 is 0 Å². The van der Waals surface area contributed by atoms with E-state index in [1.54, 1.807) is 0 Å². The van der Waals surface area contributed by atoms with Gasteiger partial charge in [-0.25, -0.2) is 0 Å². The van der Waals surface area contributed by atoms with Gasteiger partial charge in [-0.3, -0.25) is 0 Å². The molecule has 10 heavy (non-hydrogen) atoms. The quantitative estimate of drug-likeness (QED) is 0.543. The molecule has 0 saturated heterocycles. The van der Waals surface area contributed by atoms with Crippen LogP contribution in [0.5, 0.6) is 0 Å². The minimum absolute atomic E-state index is 0.865. The highest BCUT2D eigenvalue weighted by Crippen LogP contribution is 1.85. The average molecular weight is 142 g/mol. The van der Waals surface area contributed by atoms with Crippen LogP contribution in [0.4, 0.5) is 0 Å². The molecule has 2 nitrogen and oxygen atoms in total. The second-order valence-corrected chi connectivity index (χ2v) is 2.41. The van der Waals surface area contributed by atoms with Gasteiger partial charge in [-0.15, -0.1) is 0 Å². The van der Waals surface area contributed by atoms with Crippen LogP contribution < -0.4 is 10.6 Å². The number of hydrogen-bond acceptors (Lipinski definition) is 2. The van der Waals surface area contributed by atoms with Crippen LogP contribution >= 0.6 is 0 Å². The Morgan fingerprint density at radius 1 is 1.50 bits per heavy atom. The molecular formula is C8H18N2. The molecule has 0 aliphatic rings. The van der Waals surface area contributed by atoms with Gasteiger partial charge in [-0.05, 0) is 13.5 Å². The van der Waals surface area contributed by atoms with Gasteiger partial charge >= 0.3 is 0 Å². The van der Waals surface area contributed by atoms with Crippen LogP contribution in [0.2, 0.25) is 0 Å². The predicted octanol–water partition coefficient (Wildman–Crippen LogP) is 1.11. The van der Waals surface area contributed by atoms with Crippen molar-refractivity contribution in [3.8, 4) is 0 Å². The van der Waals surface area contributed by atoms with Crippen molar-refractivity contribution in [2.75, 3.05) is 20.1 Å². The first-order valence-corrected chi connectivity index (χ1v) is 3.87. The summed E-state index contributed by atoms with van der Waals surface area (Å²) in [5, 5.41) is 6.26. The largest absolute Gasteiger partial charge is 0.388 e. The van der Waals surface area contributed by atoms with Crippen LogP contribution in [0.3, 0.4) is 0 Å². The summed E-state index contributed by atoms with van der Waals surface area (Å²) in [6.07, 6.45) is 2.46. The molecule has 0 atom stereocenters. The SMILES string of the molecule is C=C(CNC)NCCCC. The van der Waals surface area contributed by atoms with Crippen molar-refractivity contribution in [3.63, 3.8) is 0 Å². The Morgan fingerprint density at radius 3 is 2.70 bits per heavy atom. The highest BCUT2D eigenvalue weighted by Gasteiger charge is 1.88. The van der Waals surface area contributed by atoms with Gasteiger partial charge < -0.3 is 10.6 Å². The van der Waals surface area contributed by atoms with Crippen LogP contribution in [0.1, 0.15) is 19.8 Å².